The fourth-order valence-corrected chi connectivity index (χ4v) is 4.83. The van der Waals surface area contributed by atoms with E-state index in [1.165, 1.54) is 23.5 Å². The van der Waals surface area contributed by atoms with Crippen LogP contribution < -0.4 is 10.9 Å². The number of fused-ring (bicyclic) bond motifs is 2. The van der Waals surface area contributed by atoms with E-state index in [9.17, 15) is 24.8 Å². The summed E-state index contributed by atoms with van der Waals surface area (Å²) in [5.74, 6) is -1.82. The van der Waals surface area contributed by atoms with E-state index in [4.69, 9.17) is 0 Å². The van der Waals surface area contributed by atoms with Crippen molar-refractivity contribution in [1.29, 1.82) is 5.26 Å². The van der Waals surface area contributed by atoms with Crippen molar-refractivity contribution >= 4 is 39.0 Å². The van der Waals surface area contributed by atoms with Gasteiger partial charge in [0.05, 0.1) is 10.9 Å². The summed E-state index contributed by atoms with van der Waals surface area (Å²) in [7, 11) is 0. The Morgan fingerprint density at radius 1 is 1.24 bits per heavy atom. The Morgan fingerprint density at radius 2 is 1.97 bits per heavy atom. The number of carbonyl (C=O) groups excluding carboxylic acids is 1. The van der Waals surface area contributed by atoms with E-state index in [1.54, 1.807) is 12.1 Å². The lowest BCUT2D eigenvalue weighted by Gasteiger charge is -2.10. The number of aryl methyl sites for hydroxylation is 1. The van der Waals surface area contributed by atoms with Gasteiger partial charge in [0.2, 0.25) is 5.91 Å². The first-order valence-electron chi connectivity index (χ1n) is 9.07. The molecule has 0 aliphatic heterocycles. The van der Waals surface area contributed by atoms with Crippen LogP contribution in [-0.2, 0) is 24.2 Å². The standard InChI is InChI=1S/C20H16N4O4S/c21-9-14-11-5-3-4-8-15(11)29-18(14)22-16(25)10-24-19(26)13-7-2-1-6-12(13)17(23-24)20(27)28/h1-2,6-7H,3-5,8,10H2,(H,22,25)(H,27,28). The van der Waals surface area contributed by atoms with Crippen molar-refractivity contribution in [2.45, 2.75) is 32.2 Å². The molecule has 0 unspecified atom stereocenters. The molecule has 0 atom stereocenters. The van der Waals surface area contributed by atoms with Gasteiger partial charge in [0, 0.05) is 10.3 Å². The highest BCUT2D eigenvalue weighted by Crippen LogP contribution is 2.37. The molecule has 0 fully saturated rings. The van der Waals surface area contributed by atoms with Crippen molar-refractivity contribution in [3.63, 3.8) is 0 Å². The number of hydrogen-bond donors (Lipinski definition) is 2. The second-order valence-corrected chi connectivity index (χ2v) is 7.84. The summed E-state index contributed by atoms with van der Waals surface area (Å²) in [5.41, 5.74) is 0.625. The second-order valence-electron chi connectivity index (χ2n) is 6.74. The number of nitrogens with zero attached hydrogens (tertiary/aromatic N) is 3. The van der Waals surface area contributed by atoms with E-state index >= 15 is 0 Å². The number of carboxylic acids is 1. The molecule has 4 rings (SSSR count). The van der Waals surface area contributed by atoms with Crippen LogP contribution in [0.2, 0.25) is 0 Å². The first kappa shape index (κ1) is 18.8. The fourth-order valence-electron chi connectivity index (χ4n) is 3.57. The number of carboxylic acid groups (broad SMARTS) is 1. The van der Waals surface area contributed by atoms with Gasteiger partial charge in [-0.15, -0.1) is 11.3 Å². The smallest absolute Gasteiger partial charge is 0.357 e. The number of hydrogen-bond acceptors (Lipinski definition) is 6. The number of carbonyl (C=O) groups is 2. The summed E-state index contributed by atoms with van der Waals surface area (Å²) in [4.78, 5) is 37.9. The largest absolute Gasteiger partial charge is 0.476 e. The monoisotopic (exact) mass is 408 g/mol. The minimum Gasteiger partial charge on any atom is -0.476 e. The maximum Gasteiger partial charge on any atom is 0.357 e. The Labute approximate surface area is 169 Å². The number of amides is 1. The molecule has 29 heavy (non-hydrogen) atoms. The molecule has 0 saturated heterocycles. The highest BCUT2D eigenvalue weighted by molar-refractivity contribution is 7.16. The lowest BCUT2D eigenvalue weighted by molar-refractivity contribution is -0.117. The SMILES string of the molecule is N#Cc1c(NC(=O)Cn2nc(C(=O)O)c3ccccc3c2=O)sc2c1CCCC2. The molecular weight excluding hydrogens is 392 g/mol. The molecule has 2 heterocycles. The third-order valence-corrected chi connectivity index (χ3v) is 6.11. The van der Waals surface area contributed by atoms with E-state index in [2.05, 4.69) is 16.5 Å². The molecule has 146 valence electrons. The highest BCUT2D eigenvalue weighted by Gasteiger charge is 2.22. The Balaban J connectivity index is 1.66. The van der Waals surface area contributed by atoms with E-state index in [0.29, 0.717) is 10.6 Å². The number of aromatic nitrogens is 2. The number of benzene rings is 1. The van der Waals surface area contributed by atoms with Gasteiger partial charge in [-0.05, 0) is 37.3 Å². The third kappa shape index (κ3) is 3.39. The number of nitriles is 1. The molecule has 8 nitrogen and oxygen atoms in total. The maximum absolute atomic E-state index is 12.7. The van der Waals surface area contributed by atoms with Gasteiger partial charge in [-0.3, -0.25) is 9.59 Å². The number of aromatic carboxylic acids is 1. The Bertz CT molecular complexity index is 1250. The van der Waals surface area contributed by atoms with Gasteiger partial charge in [-0.25, -0.2) is 9.48 Å². The van der Waals surface area contributed by atoms with Gasteiger partial charge >= 0.3 is 5.97 Å². The van der Waals surface area contributed by atoms with Crippen LogP contribution in [0.25, 0.3) is 10.8 Å². The van der Waals surface area contributed by atoms with E-state index in [-0.39, 0.29) is 16.5 Å². The normalized spacial score (nSPS) is 12.9. The lowest BCUT2D eigenvalue weighted by Crippen LogP contribution is -2.31. The van der Waals surface area contributed by atoms with Crippen LogP contribution in [0.15, 0.2) is 29.1 Å². The Kier molecular flexibility index (Phi) is 4.86. The third-order valence-electron chi connectivity index (χ3n) is 4.90. The summed E-state index contributed by atoms with van der Waals surface area (Å²) in [6.45, 7) is -0.447. The molecule has 2 aromatic heterocycles. The van der Waals surface area contributed by atoms with Crippen molar-refractivity contribution in [2.24, 2.45) is 0 Å². The van der Waals surface area contributed by atoms with Crippen LogP contribution in [0.5, 0.6) is 0 Å². The first-order valence-corrected chi connectivity index (χ1v) is 9.89. The molecule has 0 radical (unpaired) electrons. The predicted octanol–water partition coefficient (Wildman–Crippen LogP) is 2.55. The molecule has 3 aromatic rings. The highest BCUT2D eigenvalue weighted by atomic mass is 32.1. The van der Waals surface area contributed by atoms with Gasteiger partial charge in [0.15, 0.2) is 5.69 Å². The molecule has 1 aromatic carbocycles. The lowest BCUT2D eigenvalue weighted by atomic mass is 9.96. The van der Waals surface area contributed by atoms with Crippen LogP contribution in [0, 0.1) is 11.3 Å². The minimum atomic E-state index is -1.28. The summed E-state index contributed by atoms with van der Waals surface area (Å²) in [6.07, 6.45) is 3.77. The molecule has 9 heteroatoms. The van der Waals surface area contributed by atoms with E-state index in [1.807, 2.05) is 0 Å². The van der Waals surface area contributed by atoms with Crippen molar-refractivity contribution in [2.75, 3.05) is 5.32 Å². The van der Waals surface area contributed by atoms with Crippen LogP contribution in [0.1, 0.15) is 39.3 Å². The van der Waals surface area contributed by atoms with E-state index < -0.39 is 24.0 Å². The van der Waals surface area contributed by atoms with Gasteiger partial charge in [0.1, 0.15) is 17.6 Å². The number of nitrogens with one attached hydrogen (secondary N) is 1. The average molecular weight is 408 g/mol. The van der Waals surface area contributed by atoms with Crippen molar-refractivity contribution < 1.29 is 14.7 Å². The number of thiophene rings is 1. The van der Waals surface area contributed by atoms with Crippen molar-refractivity contribution in [3.8, 4) is 6.07 Å². The second kappa shape index (κ2) is 7.48. The van der Waals surface area contributed by atoms with Gasteiger partial charge in [0.25, 0.3) is 5.56 Å². The molecule has 0 bridgehead atoms. The molecular formula is C20H16N4O4S. The molecule has 2 N–H and O–H groups in total. The average Bonchev–Trinajstić information content (AvgIpc) is 3.06. The summed E-state index contributed by atoms with van der Waals surface area (Å²) in [6, 6.07) is 8.41. The molecule has 0 spiro atoms. The molecule has 1 aliphatic carbocycles. The summed E-state index contributed by atoms with van der Waals surface area (Å²) >= 11 is 1.38. The van der Waals surface area contributed by atoms with Gasteiger partial charge in [-0.1, -0.05) is 18.2 Å². The van der Waals surface area contributed by atoms with Crippen LogP contribution in [-0.4, -0.2) is 26.8 Å². The summed E-state index contributed by atoms with van der Waals surface area (Å²) in [5, 5.41) is 26.4. The molecule has 0 saturated carbocycles. The zero-order valence-corrected chi connectivity index (χ0v) is 16.1. The van der Waals surface area contributed by atoms with Crippen LogP contribution in [0.4, 0.5) is 5.00 Å². The first-order chi connectivity index (χ1) is 14.0. The van der Waals surface area contributed by atoms with Crippen molar-refractivity contribution in [3.05, 3.63) is 56.3 Å². The zero-order chi connectivity index (χ0) is 20.5. The maximum atomic E-state index is 12.7. The van der Waals surface area contributed by atoms with Gasteiger partial charge < -0.3 is 10.4 Å². The number of anilines is 1. The predicted molar refractivity (Wildman–Crippen MR) is 107 cm³/mol. The van der Waals surface area contributed by atoms with Gasteiger partial charge in [-0.2, -0.15) is 10.4 Å². The molecule has 1 amide bonds. The minimum absolute atomic E-state index is 0.178. The zero-order valence-electron chi connectivity index (χ0n) is 15.3. The quantitative estimate of drug-likeness (QED) is 0.683. The fraction of sp³-hybridized carbons (Fsp3) is 0.250. The van der Waals surface area contributed by atoms with E-state index in [0.717, 1.165) is 40.8 Å². The topological polar surface area (TPSA) is 125 Å². The molecule has 1 aliphatic rings. The van der Waals surface area contributed by atoms with Crippen LogP contribution in [0.3, 0.4) is 0 Å². The summed E-state index contributed by atoms with van der Waals surface area (Å²) < 4.78 is 0.848. The van der Waals surface area contributed by atoms with Crippen LogP contribution >= 0.6 is 11.3 Å². The van der Waals surface area contributed by atoms with Crippen molar-refractivity contribution in [1.82, 2.24) is 9.78 Å². The number of rotatable bonds is 4. The Morgan fingerprint density at radius 3 is 2.69 bits per heavy atom. The Hall–Kier alpha value is -3.51.